The summed E-state index contributed by atoms with van der Waals surface area (Å²) < 4.78 is 0. The van der Waals surface area contributed by atoms with Gasteiger partial charge in [-0.05, 0) is 39.2 Å². The fourth-order valence-corrected chi connectivity index (χ4v) is 2.22. The zero-order chi connectivity index (χ0) is 9.47. The molecule has 0 aromatic carbocycles. The Bertz CT molecular complexity index is 185. The molecule has 2 saturated carbocycles. The zero-order valence-corrected chi connectivity index (χ0v) is 8.92. The summed E-state index contributed by atoms with van der Waals surface area (Å²) in [6.07, 6.45) is 6.96. The molecular weight excluding hydrogens is 160 g/mol. The van der Waals surface area contributed by atoms with E-state index < -0.39 is 0 Å². The van der Waals surface area contributed by atoms with E-state index in [9.17, 15) is 0 Å². The maximum atomic E-state index is 5.91. The van der Waals surface area contributed by atoms with Crippen molar-refractivity contribution in [3.63, 3.8) is 0 Å². The van der Waals surface area contributed by atoms with Crippen LogP contribution >= 0.6 is 0 Å². The number of nitrogens with zero attached hydrogens (tertiary/aromatic N) is 1. The van der Waals surface area contributed by atoms with Crippen molar-refractivity contribution < 1.29 is 0 Å². The molecule has 0 aliphatic heterocycles. The van der Waals surface area contributed by atoms with Crippen molar-refractivity contribution >= 4 is 0 Å². The van der Waals surface area contributed by atoms with Gasteiger partial charge >= 0.3 is 0 Å². The summed E-state index contributed by atoms with van der Waals surface area (Å²) in [7, 11) is 2.26. The van der Waals surface area contributed by atoms with E-state index in [0.717, 1.165) is 18.5 Å². The number of nitrogens with two attached hydrogens (primary N) is 1. The van der Waals surface area contributed by atoms with Crippen LogP contribution in [0.25, 0.3) is 0 Å². The molecule has 2 nitrogen and oxygen atoms in total. The number of likely N-dealkylation sites (N-methyl/N-ethyl adjacent to an activating group) is 1. The zero-order valence-electron chi connectivity index (χ0n) is 8.92. The Kier molecular flexibility index (Phi) is 2.37. The van der Waals surface area contributed by atoms with Gasteiger partial charge in [0.15, 0.2) is 0 Å². The summed E-state index contributed by atoms with van der Waals surface area (Å²) in [5.41, 5.74) is 6.19. The molecule has 13 heavy (non-hydrogen) atoms. The van der Waals surface area contributed by atoms with Crippen LogP contribution in [0.4, 0.5) is 0 Å². The van der Waals surface area contributed by atoms with Gasteiger partial charge < -0.3 is 5.73 Å². The van der Waals surface area contributed by atoms with Crippen LogP contribution in [-0.2, 0) is 0 Å². The summed E-state index contributed by atoms with van der Waals surface area (Å²) in [6.45, 7) is 3.15. The molecule has 76 valence electrons. The first kappa shape index (κ1) is 9.47. The van der Waals surface area contributed by atoms with Crippen molar-refractivity contribution in [2.45, 2.75) is 50.6 Å². The molecule has 2 fully saturated rings. The highest BCUT2D eigenvalue weighted by Crippen LogP contribution is 2.41. The standard InChI is InChI=1S/C11H22N2/c1-11(8-12,7-9-3-4-9)13(2)10-5-6-10/h9-10H,3-8,12H2,1-2H3. The third-order valence-electron chi connectivity index (χ3n) is 3.81. The van der Waals surface area contributed by atoms with Gasteiger partial charge in [0.2, 0.25) is 0 Å². The Morgan fingerprint density at radius 3 is 2.31 bits per heavy atom. The Morgan fingerprint density at radius 2 is 1.92 bits per heavy atom. The average molecular weight is 182 g/mol. The first-order valence-electron chi connectivity index (χ1n) is 5.59. The van der Waals surface area contributed by atoms with Crippen LogP contribution in [0, 0.1) is 5.92 Å². The molecule has 0 saturated heterocycles. The summed E-state index contributed by atoms with van der Waals surface area (Å²) >= 11 is 0. The van der Waals surface area contributed by atoms with Crippen molar-refractivity contribution in [1.29, 1.82) is 0 Å². The van der Waals surface area contributed by atoms with Crippen LogP contribution in [0.15, 0.2) is 0 Å². The predicted molar refractivity (Wildman–Crippen MR) is 55.6 cm³/mol. The molecular formula is C11H22N2. The van der Waals surface area contributed by atoms with E-state index in [1.807, 2.05) is 0 Å². The van der Waals surface area contributed by atoms with Crippen molar-refractivity contribution in [2.24, 2.45) is 11.7 Å². The smallest absolute Gasteiger partial charge is 0.0306 e. The highest BCUT2D eigenvalue weighted by Gasteiger charge is 2.41. The van der Waals surface area contributed by atoms with Crippen LogP contribution in [0.3, 0.4) is 0 Å². The second-order valence-corrected chi connectivity index (χ2v) is 5.19. The van der Waals surface area contributed by atoms with Crippen LogP contribution < -0.4 is 5.73 Å². The van der Waals surface area contributed by atoms with Crippen molar-refractivity contribution in [3.8, 4) is 0 Å². The van der Waals surface area contributed by atoms with E-state index in [0.29, 0.717) is 0 Å². The minimum atomic E-state index is 0.280. The molecule has 0 amide bonds. The third kappa shape index (κ3) is 2.05. The summed E-state index contributed by atoms with van der Waals surface area (Å²) in [6, 6.07) is 0.840. The highest BCUT2D eigenvalue weighted by atomic mass is 15.2. The summed E-state index contributed by atoms with van der Waals surface area (Å²) in [5, 5.41) is 0. The second kappa shape index (κ2) is 3.25. The van der Waals surface area contributed by atoms with Gasteiger partial charge in [-0.1, -0.05) is 12.8 Å². The van der Waals surface area contributed by atoms with Crippen LogP contribution in [0.1, 0.15) is 39.0 Å². The Labute approximate surface area is 81.5 Å². The quantitative estimate of drug-likeness (QED) is 0.699. The van der Waals surface area contributed by atoms with Crippen molar-refractivity contribution in [1.82, 2.24) is 4.90 Å². The average Bonchev–Trinajstić information content (AvgIpc) is 2.96. The van der Waals surface area contributed by atoms with Gasteiger partial charge in [-0.2, -0.15) is 0 Å². The Hall–Kier alpha value is -0.0800. The van der Waals surface area contributed by atoms with Gasteiger partial charge in [-0.15, -0.1) is 0 Å². The fraction of sp³-hybridized carbons (Fsp3) is 1.00. The van der Waals surface area contributed by atoms with E-state index in [1.165, 1.54) is 32.1 Å². The van der Waals surface area contributed by atoms with Crippen LogP contribution in [0.2, 0.25) is 0 Å². The Morgan fingerprint density at radius 1 is 1.31 bits per heavy atom. The molecule has 0 aromatic rings. The topological polar surface area (TPSA) is 29.3 Å². The van der Waals surface area contributed by atoms with Gasteiger partial charge in [-0.3, -0.25) is 4.90 Å². The molecule has 0 spiro atoms. The van der Waals surface area contributed by atoms with Gasteiger partial charge in [0.05, 0.1) is 0 Å². The lowest BCUT2D eigenvalue weighted by Gasteiger charge is -2.38. The molecule has 1 unspecified atom stereocenters. The fourth-order valence-electron chi connectivity index (χ4n) is 2.22. The molecule has 2 N–H and O–H groups in total. The second-order valence-electron chi connectivity index (χ2n) is 5.19. The molecule has 1 atom stereocenters. The van der Waals surface area contributed by atoms with Crippen LogP contribution in [-0.4, -0.2) is 30.1 Å². The highest BCUT2D eigenvalue weighted by molar-refractivity contribution is 4.97. The van der Waals surface area contributed by atoms with E-state index in [2.05, 4.69) is 18.9 Å². The molecule has 0 radical (unpaired) electrons. The SMILES string of the molecule is CN(C1CC1)C(C)(CN)CC1CC1. The molecule has 2 aliphatic rings. The molecule has 0 heterocycles. The van der Waals surface area contributed by atoms with E-state index >= 15 is 0 Å². The van der Waals surface area contributed by atoms with Gasteiger partial charge in [0.1, 0.15) is 0 Å². The minimum absolute atomic E-state index is 0.280. The van der Waals surface area contributed by atoms with Crippen LogP contribution in [0.5, 0.6) is 0 Å². The third-order valence-corrected chi connectivity index (χ3v) is 3.81. The largest absolute Gasteiger partial charge is 0.329 e. The van der Waals surface area contributed by atoms with E-state index in [-0.39, 0.29) is 5.54 Å². The number of hydrogen-bond acceptors (Lipinski definition) is 2. The number of hydrogen-bond donors (Lipinski definition) is 1. The molecule has 0 bridgehead atoms. The van der Waals surface area contributed by atoms with Gasteiger partial charge in [-0.25, -0.2) is 0 Å². The maximum Gasteiger partial charge on any atom is 0.0306 e. The van der Waals surface area contributed by atoms with E-state index in [1.54, 1.807) is 0 Å². The number of rotatable bonds is 5. The van der Waals surface area contributed by atoms with E-state index in [4.69, 9.17) is 5.73 Å². The lowest BCUT2D eigenvalue weighted by Crippen LogP contribution is -2.51. The normalized spacial score (nSPS) is 27.7. The van der Waals surface area contributed by atoms with Gasteiger partial charge in [0, 0.05) is 18.1 Å². The van der Waals surface area contributed by atoms with Gasteiger partial charge in [0.25, 0.3) is 0 Å². The van der Waals surface area contributed by atoms with Crippen molar-refractivity contribution in [2.75, 3.05) is 13.6 Å². The molecule has 0 aromatic heterocycles. The predicted octanol–water partition coefficient (Wildman–Crippen LogP) is 1.60. The molecule has 2 aliphatic carbocycles. The monoisotopic (exact) mass is 182 g/mol. The maximum absolute atomic E-state index is 5.91. The first-order valence-corrected chi connectivity index (χ1v) is 5.59. The van der Waals surface area contributed by atoms with Crippen molar-refractivity contribution in [3.05, 3.63) is 0 Å². The lowest BCUT2D eigenvalue weighted by molar-refractivity contribution is 0.119. The lowest BCUT2D eigenvalue weighted by atomic mass is 9.93. The summed E-state index contributed by atoms with van der Waals surface area (Å²) in [4.78, 5) is 2.53. The molecule has 2 rings (SSSR count). The first-order chi connectivity index (χ1) is 6.15. The molecule has 2 heteroatoms. The Balaban J connectivity index is 1.93. The summed E-state index contributed by atoms with van der Waals surface area (Å²) in [5.74, 6) is 0.981. The minimum Gasteiger partial charge on any atom is -0.329 e.